The molecule has 2 aromatic rings. The summed E-state index contributed by atoms with van der Waals surface area (Å²) in [4.78, 5) is 118. The molecule has 0 radical (unpaired) electrons. The maximum Gasteiger partial charge on any atom is 0.329 e. The Morgan fingerprint density at radius 2 is 0.625 bits per heavy atom. The van der Waals surface area contributed by atoms with Crippen molar-refractivity contribution >= 4 is 47.5 Å². The van der Waals surface area contributed by atoms with Gasteiger partial charge >= 0.3 is 23.9 Å². The number of hydrogen-bond acceptors (Lipinski definition) is 12. The second kappa shape index (κ2) is 23.2. The topological polar surface area (TPSA) is 186 Å². The van der Waals surface area contributed by atoms with Crippen molar-refractivity contribution in [1.29, 1.82) is 0 Å². The number of hydrogen-bond donors (Lipinski definition) is 0. The minimum atomic E-state index is -1.48. The molecule has 16 heteroatoms. The zero-order chi connectivity index (χ0) is 48.3. The lowest BCUT2D eigenvalue weighted by Gasteiger charge is -2.36. The molecule has 0 aromatic heterocycles. The molecule has 2 aromatic carbocycles. The number of amides is 4. The van der Waals surface area contributed by atoms with Gasteiger partial charge in [0.25, 0.3) is 23.6 Å². The molecular formula is C48H68N4O12. The summed E-state index contributed by atoms with van der Waals surface area (Å²) in [6.45, 7) is 16.2. The fraction of sp³-hybridized carbons (Fsp3) is 0.583. The second-order valence-electron chi connectivity index (χ2n) is 17.9. The zero-order valence-corrected chi connectivity index (χ0v) is 39.8. The third-order valence-electron chi connectivity index (χ3n) is 11.4. The molecule has 64 heavy (non-hydrogen) atoms. The van der Waals surface area contributed by atoms with Crippen LogP contribution in [-0.4, -0.2) is 144 Å². The van der Waals surface area contributed by atoms with Gasteiger partial charge in [0, 0.05) is 41.0 Å². The fourth-order valence-electron chi connectivity index (χ4n) is 8.11. The lowest BCUT2D eigenvalue weighted by Crippen LogP contribution is -2.56. The van der Waals surface area contributed by atoms with Crippen LogP contribution in [0.5, 0.6) is 0 Å². The van der Waals surface area contributed by atoms with E-state index in [2.05, 4.69) is 0 Å². The molecule has 0 spiro atoms. The minimum absolute atomic E-state index is 0.0898. The van der Waals surface area contributed by atoms with Crippen molar-refractivity contribution < 1.29 is 57.3 Å². The van der Waals surface area contributed by atoms with Gasteiger partial charge in [0.05, 0.1) is 0 Å². The van der Waals surface area contributed by atoms with E-state index in [-0.39, 0.29) is 12.8 Å². The van der Waals surface area contributed by atoms with Crippen LogP contribution in [0.15, 0.2) is 60.7 Å². The predicted molar refractivity (Wildman–Crippen MR) is 237 cm³/mol. The molecule has 1 aliphatic rings. The summed E-state index contributed by atoms with van der Waals surface area (Å²) in [5.41, 5.74) is 1.28. The molecule has 0 saturated carbocycles. The Balaban J connectivity index is 2.20. The quantitative estimate of drug-likeness (QED) is 0.273. The molecule has 1 fully saturated rings. The van der Waals surface area contributed by atoms with Gasteiger partial charge in [-0.05, 0) is 48.6 Å². The molecular weight excluding hydrogens is 825 g/mol. The maximum absolute atomic E-state index is 14.5. The molecule has 1 saturated heterocycles. The largest absolute Gasteiger partial charge is 0.451 e. The summed E-state index contributed by atoms with van der Waals surface area (Å²) < 4.78 is 23.4. The first-order valence-corrected chi connectivity index (χ1v) is 21.9. The van der Waals surface area contributed by atoms with Gasteiger partial charge in [-0.3, -0.25) is 19.2 Å². The van der Waals surface area contributed by atoms with Crippen LogP contribution < -0.4 is 0 Å². The van der Waals surface area contributed by atoms with Gasteiger partial charge in [0.15, 0.2) is 24.4 Å². The molecule has 0 unspecified atom stereocenters. The highest BCUT2D eigenvalue weighted by atomic mass is 16.6. The number of ether oxygens (including phenoxy) is 4. The van der Waals surface area contributed by atoms with Crippen LogP contribution >= 0.6 is 0 Å². The molecule has 3 rings (SSSR count). The number of carbonyl (C=O) groups excluding carboxylic acids is 8. The first kappa shape index (κ1) is 52.5. The highest BCUT2D eigenvalue weighted by molar-refractivity contribution is 5.94. The first-order valence-electron chi connectivity index (χ1n) is 21.9. The Morgan fingerprint density at radius 3 is 0.875 bits per heavy atom. The molecule has 0 bridgehead atoms. The van der Waals surface area contributed by atoms with E-state index in [0.29, 0.717) is 11.1 Å². The lowest BCUT2D eigenvalue weighted by atomic mass is 9.99. The van der Waals surface area contributed by atoms with Gasteiger partial charge in [-0.15, -0.1) is 0 Å². The summed E-state index contributed by atoms with van der Waals surface area (Å²) in [7, 11) is 5.45. The van der Waals surface area contributed by atoms with Crippen molar-refractivity contribution in [2.24, 2.45) is 23.7 Å². The fourth-order valence-corrected chi connectivity index (χ4v) is 8.11. The Morgan fingerprint density at radius 1 is 0.391 bits per heavy atom. The number of rotatable bonds is 8. The number of benzene rings is 2. The van der Waals surface area contributed by atoms with Crippen LogP contribution in [0.3, 0.4) is 0 Å². The summed E-state index contributed by atoms with van der Waals surface area (Å²) >= 11 is 0. The van der Waals surface area contributed by atoms with Crippen molar-refractivity contribution in [3.63, 3.8) is 0 Å². The molecule has 8 atom stereocenters. The van der Waals surface area contributed by atoms with E-state index in [1.807, 2.05) is 0 Å². The summed E-state index contributed by atoms with van der Waals surface area (Å²) in [6.07, 6.45) is -6.04. The average molecular weight is 893 g/mol. The Bertz CT molecular complexity index is 1800. The highest BCUT2D eigenvalue weighted by Gasteiger charge is 2.44. The van der Waals surface area contributed by atoms with E-state index in [1.54, 1.807) is 116 Å². The summed E-state index contributed by atoms with van der Waals surface area (Å²) in [6, 6.07) is 12.5. The summed E-state index contributed by atoms with van der Waals surface area (Å²) in [5, 5.41) is 0. The third-order valence-corrected chi connectivity index (χ3v) is 11.4. The van der Waals surface area contributed by atoms with Crippen LogP contribution in [0.25, 0.3) is 0 Å². The minimum Gasteiger partial charge on any atom is -0.451 e. The predicted octanol–water partition coefficient (Wildman–Crippen LogP) is 4.10. The van der Waals surface area contributed by atoms with E-state index in [0.717, 1.165) is 19.6 Å². The van der Waals surface area contributed by atoms with Gasteiger partial charge in [-0.25, -0.2) is 19.2 Å². The first-order chi connectivity index (χ1) is 29.9. The van der Waals surface area contributed by atoms with Crippen LogP contribution in [0, 0.1) is 23.7 Å². The Hall–Kier alpha value is -5.80. The standard InChI is InChI=1S/C48H68N4O12/c1-27(2)37-45(57)61-31(9)41(53)49(11)40(30(7)8)48(60)64-36(26-34-23-19-16-20-24-34)44(56)52(14)38(28(3)4)46(58)62-32(10)42(54)50(12)39(29(5)6)47(59)63-35(43(55)51(37)13)25-33-21-17-15-18-22-33/h15-24,27-32,35-40H,25-26H2,1-14H3/t31-,32+,35-,36-,37+,38+,39+,40+/m1/s1. The molecule has 352 valence electrons. The van der Waals surface area contributed by atoms with E-state index in [1.165, 1.54) is 42.0 Å². The van der Waals surface area contributed by atoms with Gasteiger partial charge < -0.3 is 38.5 Å². The molecule has 1 aliphatic heterocycles. The smallest absolute Gasteiger partial charge is 0.329 e. The molecule has 4 amide bonds. The lowest BCUT2D eigenvalue weighted by molar-refractivity contribution is -0.177. The van der Waals surface area contributed by atoms with E-state index >= 15 is 0 Å². The molecule has 0 N–H and O–H groups in total. The van der Waals surface area contributed by atoms with Gasteiger partial charge in [-0.2, -0.15) is 0 Å². The highest BCUT2D eigenvalue weighted by Crippen LogP contribution is 2.24. The maximum atomic E-state index is 14.5. The average Bonchev–Trinajstić information content (AvgIpc) is 3.21. The van der Waals surface area contributed by atoms with E-state index in [9.17, 15) is 38.4 Å². The van der Waals surface area contributed by atoms with Crippen LogP contribution in [0.1, 0.15) is 80.4 Å². The van der Waals surface area contributed by atoms with E-state index < -0.39 is 120 Å². The van der Waals surface area contributed by atoms with Crippen LogP contribution in [-0.2, 0) is 70.1 Å². The number of nitrogens with zero attached hydrogens (tertiary/aromatic N) is 4. The van der Waals surface area contributed by atoms with Crippen molar-refractivity contribution in [3.05, 3.63) is 71.8 Å². The SMILES string of the molecule is CC(C)[C@H]1C(=O)O[C@H](Cc2ccccc2)C(=O)N(C)[C@@H](C(C)C)C(=O)O[C@H](C)C(=O)N(C)[C@@H](C(C)C)C(=O)O[C@H](Cc2ccccc2)C(=O)N(C)[C@@H](C(C)C)C(=O)O[C@@H](C)C(=O)N1C. The monoisotopic (exact) mass is 892 g/mol. The zero-order valence-electron chi connectivity index (χ0n) is 39.8. The van der Waals surface area contributed by atoms with Crippen LogP contribution in [0.2, 0.25) is 0 Å². The molecule has 1 heterocycles. The van der Waals surface area contributed by atoms with Gasteiger partial charge in [0.1, 0.15) is 24.2 Å². The Labute approximate surface area is 377 Å². The van der Waals surface area contributed by atoms with Crippen LogP contribution in [0.4, 0.5) is 0 Å². The third kappa shape index (κ3) is 13.1. The van der Waals surface area contributed by atoms with Crippen molar-refractivity contribution in [2.75, 3.05) is 28.2 Å². The number of likely N-dealkylation sites (N-methyl/N-ethyl adjacent to an activating group) is 4. The molecule has 0 aliphatic carbocycles. The normalized spacial score (nSPS) is 26.0. The van der Waals surface area contributed by atoms with Crippen molar-refractivity contribution in [2.45, 2.75) is 131 Å². The number of cyclic esters (lactones) is 4. The second-order valence-corrected chi connectivity index (χ2v) is 17.9. The van der Waals surface area contributed by atoms with Gasteiger partial charge in [-0.1, -0.05) is 116 Å². The summed E-state index contributed by atoms with van der Waals surface area (Å²) in [5.74, 6) is -8.94. The van der Waals surface area contributed by atoms with Crippen molar-refractivity contribution in [1.82, 2.24) is 19.6 Å². The number of esters is 4. The molecule has 16 nitrogen and oxygen atoms in total. The van der Waals surface area contributed by atoms with E-state index in [4.69, 9.17) is 18.9 Å². The number of carbonyl (C=O) groups is 8. The van der Waals surface area contributed by atoms with Crippen molar-refractivity contribution in [3.8, 4) is 0 Å². The Kier molecular flexibility index (Phi) is 19.1. The van der Waals surface area contributed by atoms with Gasteiger partial charge in [0.2, 0.25) is 0 Å².